The molecule has 76 valence electrons. The van der Waals surface area contributed by atoms with Crippen LogP contribution < -0.4 is 0 Å². The SMILES string of the molecule is Cc1c(Br)cnc(C(=O)O)c1C(F)F. The van der Waals surface area contributed by atoms with Crippen molar-refractivity contribution in [3.63, 3.8) is 0 Å². The molecule has 0 saturated carbocycles. The summed E-state index contributed by atoms with van der Waals surface area (Å²) in [5.41, 5.74) is -0.931. The molecule has 0 aliphatic heterocycles. The largest absolute Gasteiger partial charge is 0.476 e. The van der Waals surface area contributed by atoms with Crippen LogP contribution in [0, 0.1) is 6.92 Å². The predicted octanol–water partition coefficient (Wildman–Crippen LogP) is 2.79. The number of carbonyl (C=O) groups is 1. The number of carboxylic acid groups (broad SMARTS) is 1. The van der Waals surface area contributed by atoms with E-state index >= 15 is 0 Å². The summed E-state index contributed by atoms with van der Waals surface area (Å²) in [6, 6.07) is 0. The molecule has 14 heavy (non-hydrogen) atoms. The zero-order valence-electron chi connectivity index (χ0n) is 7.09. The Kier molecular flexibility index (Phi) is 3.15. The predicted molar refractivity (Wildman–Crippen MR) is 48.6 cm³/mol. The summed E-state index contributed by atoms with van der Waals surface area (Å²) in [5, 5.41) is 8.62. The van der Waals surface area contributed by atoms with Gasteiger partial charge in [-0.15, -0.1) is 0 Å². The van der Waals surface area contributed by atoms with Crippen LogP contribution in [0.4, 0.5) is 8.78 Å². The smallest absolute Gasteiger partial charge is 0.355 e. The Morgan fingerprint density at radius 2 is 2.21 bits per heavy atom. The van der Waals surface area contributed by atoms with Crippen LogP contribution in [0.2, 0.25) is 0 Å². The minimum atomic E-state index is -2.84. The summed E-state index contributed by atoms with van der Waals surface area (Å²) >= 11 is 3.01. The van der Waals surface area contributed by atoms with Gasteiger partial charge in [0.1, 0.15) is 0 Å². The van der Waals surface area contributed by atoms with Crippen molar-refractivity contribution in [3.8, 4) is 0 Å². The van der Waals surface area contributed by atoms with Crippen LogP contribution in [0.5, 0.6) is 0 Å². The molecule has 3 nitrogen and oxygen atoms in total. The normalized spacial score (nSPS) is 10.6. The number of pyridine rings is 1. The van der Waals surface area contributed by atoms with E-state index in [9.17, 15) is 13.6 Å². The van der Waals surface area contributed by atoms with Gasteiger partial charge in [-0.25, -0.2) is 18.6 Å². The highest BCUT2D eigenvalue weighted by atomic mass is 79.9. The second-order valence-electron chi connectivity index (χ2n) is 2.60. The second-order valence-corrected chi connectivity index (χ2v) is 3.45. The molecule has 0 saturated heterocycles. The molecule has 0 atom stereocenters. The Balaban J connectivity index is 3.45. The Hall–Kier alpha value is -1.04. The van der Waals surface area contributed by atoms with E-state index in [1.165, 1.54) is 13.1 Å². The number of halogens is 3. The van der Waals surface area contributed by atoms with Crippen LogP contribution in [0.3, 0.4) is 0 Å². The number of carboxylic acids is 1. The third-order valence-corrected chi connectivity index (χ3v) is 2.54. The monoisotopic (exact) mass is 265 g/mol. The summed E-state index contributed by atoms with van der Waals surface area (Å²) in [4.78, 5) is 14.0. The van der Waals surface area contributed by atoms with Gasteiger partial charge in [-0.1, -0.05) is 0 Å². The Morgan fingerprint density at radius 1 is 1.64 bits per heavy atom. The van der Waals surface area contributed by atoms with Crippen LogP contribution >= 0.6 is 15.9 Å². The van der Waals surface area contributed by atoms with E-state index in [0.717, 1.165) is 0 Å². The summed E-state index contributed by atoms with van der Waals surface area (Å²) in [6.07, 6.45) is -1.64. The molecular weight excluding hydrogens is 260 g/mol. The molecule has 1 heterocycles. The van der Waals surface area contributed by atoms with E-state index in [4.69, 9.17) is 5.11 Å². The number of nitrogens with zero attached hydrogens (tertiary/aromatic N) is 1. The summed E-state index contributed by atoms with van der Waals surface area (Å²) in [5.74, 6) is -1.45. The molecule has 1 rings (SSSR count). The molecule has 0 radical (unpaired) electrons. The Bertz CT molecular complexity index is 382. The number of aromatic nitrogens is 1. The number of hydrogen-bond acceptors (Lipinski definition) is 2. The van der Waals surface area contributed by atoms with E-state index in [2.05, 4.69) is 20.9 Å². The third kappa shape index (κ3) is 1.89. The van der Waals surface area contributed by atoms with Gasteiger partial charge in [-0.3, -0.25) is 0 Å². The second kappa shape index (κ2) is 4.00. The first-order valence-electron chi connectivity index (χ1n) is 3.61. The van der Waals surface area contributed by atoms with Gasteiger partial charge in [0, 0.05) is 10.7 Å². The van der Waals surface area contributed by atoms with Crippen LogP contribution in [-0.2, 0) is 0 Å². The minimum Gasteiger partial charge on any atom is -0.476 e. The summed E-state index contributed by atoms with van der Waals surface area (Å²) in [6.45, 7) is 1.42. The molecule has 0 aliphatic carbocycles. The van der Waals surface area contributed by atoms with Crippen molar-refractivity contribution < 1.29 is 18.7 Å². The van der Waals surface area contributed by atoms with Crippen molar-refractivity contribution in [2.75, 3.05) is 0 Å². The van der Waals surface area contributed by atoms with Crippen molar-refractivity contribution in [3.05, 3.63) is 27.5 Å². The number of aromatic carboxylic acids is 1. The molecule has 1 N–H and O–H groups in total. The fraction of sp³-hybridized carbons (Fsp3) is 0.250. The standard InChI is InChI=1S/C8H6BrF2NO2/c1-3-4(9)2-12-6(8(13)14)5(3)7(10)11/h2,7H,1H3,(H,13,14). The van der Waals surface area contributed by atoms with Crippen molar-refractivity contribution in [1.82, 2.24) is 4.98 Å². The van der Waals surface area contributed by atoms with Crippen molar-refractivity contribution >= 4 is 21.9 Å². The van der Waals surface area contributed by atoms with E-state index in [0.29, 0.717) is 4.47 Å². The average molecular weight is 266 g/mol. The molecule has 0 bridgehead atoms. The van der Waals surface area contributed by atoms with Gasteiger partial charge in [0.2, 0.25) is 0 Å². The lowest BCUT2D eigenvalue weighted by Crippen LogP contribution is -2.08. The van der Waals surface area contributed by atoms with Gasteiger partial charge in [-0.2, -0.15) is 0 Å². The summed E-state index contributed by atoms with van der Waals surface area (Å²) in [7, 11) is 0. The third-order valence-electron chi connectivity index (χ3n) is 1.75. The highest BCUT2D eigenvalue weighted by molar-refractivity contribution is 9.10. The summed E-state index contributed by atoms with van der Waals surface area (Å²) < 4.78 is 25.4. The molecular formula is C8H6BrF2NO2. The molecule has 0 aliphatic rings. The van der Waals surface area contributed by atoms with Crippen molar-refractivity contribution in [2.24, 2.45) is 0 Å². The van der Waals surface area contributed by atoms with E-state index < -0.39 is 23.7 Å². The van der Waals surface area contributed by atoms with Crippen LogP contribution in [0.15, 0.2) is 10.7 Å². The maximum atomic E-state index is 12.5. The quantitative estimate of drug-likeness (QED) is 0.895. The average Bonchev–Trinajstić information content (AvgIpc) is 2.08. The topological polar surface area (TPSA) is 50.2 Å². The van der Waals surface area contributed by atoms with Crippen LogP contribution in [0.1, 0.15) is 28.0 Å². The fourth-order valence-corrected chi connectivity index (χ4v) is 1.35. The molecule has 0 spiro atoms. The Labute approximate surface area is 86.9 Å². The molecule has 0 amide bonds. The maximum absolute atomic E-state index is 12.5. The highest BCUT2D eigenvalue weighted by Crippen LogP contribution is 2.29. The van der Waals surface area contributed by atoms with Gasteiger partial charge >= 0.3 is 5.97 Å². The molecule has 0 unspecified atom stereocenters. The molecule has 1 aromatic heterocycles. The first-order valence-corrected chi connectivity index (χ1v) is 4.41. The number of hydrogen-bond donors (Lipinski definition) is 1. The lowest BCUT2D eigenvalue weighted by atomic mass is 10.1. The van der Waals surface area contributed by atoms with Gasteiger partial charge in [-0.05, 0) is 28.4 Å². The number of rotatable bonds is 2. The first kappa shape index (κ1) is 11.0. The molecule has 1 aromatic rings. The minimum absolute atomic E-state index is 0.201. The number of alkyl halides is 2. The molecule has 6 heteroatoms. The van der Waals surface area contributed by atoms with Gasteiger partial charge < -0.3 is 5.11 Å². The molecule has 0 fully saturated rings. The zero-order chi connectivity index (χ0) is 10.9. The Morgan fingerprint density at radius 3 is 2.64 bits per heavy atom. The maximum Gasteiger partial charge on any atom is 0.355 e. The van der Waals surface area contributed by atoms with Crippen LogP contribution in [-0.4, -0.2) is 16.1 Å². The highest BCUT2D eigenvalue weighted by Gasteiger charge is 2.22. The zero-order valence-corrected chi connectivity index (χ0v) is 8.68. The van der Waals surface area contributed by atoms with Gasteiger partial charge in [0.25, 0.3) is 6.43 Å². The van der Waals surface area contributed by atoms with E-state index in [1.807, 2.05) is 0 Å². The fourth-order valence-electron chi connectivity index (χ4n) is 1.03. The lowest BCUT2D eigenvalue weighted by Gasteiger charge is -2.08. The van der Waals surface area contributed by atoms with Gasteiger partial charge in [0.05, 0.1) is 5.56 Å². The van der Waals surface area contributed by atoms with Crippen molar-refractivity contribution in [2.45, 2.75) is 13.3 Å². The van der Waals surface area contributed by atoms with E-state index in [-0.39, 0.29) is 5.56 Å². The lowest BCUT2D eigenvalue weighted by molar-refractivity contribution is 0.0676. The van der Waals surface area contributed by atoms with Crippen LogP contribution in [0.25, 0.3) is 0 Å². The van der Waals surface area contributed by atoms with Gasteiger partial charge in [0.15, 0.2) is 5.69 Å². The van der Waals surface area contributed by atoms with E-state index in [1.54, 1.807) is 0 Å². The molecule has 0 aromatic carbocycles. The first-order chi connectivity index (χ1) is 6.45. The van der Waals surface area contributed by atoms with Crippen molar-refractivity contribution in [1.29, 1.82) is 0 Å².